The second-order valence-corrected chi connectivity index (χ2v) is 6.96. The van der Waals surface area contributed by atoms with Gasteiger partial charge in [0.15, 0.2) is 6.61 Å². The first-order valence-electron chi connectivity index (χ1n) is 9.61. The molecule has 0 fully saturated rings. The van der Waals surface area contributed by atoms with Crippen LogP contribution in [0.1, 0.15) is 41.2 Å². The van der Waals surface area contributed by atoms with Crippen LogP contribution in [0.15, 0.2) is 45.8 Å². The fraction of sp³-hybridized carbons (Fsp3) is 0.333. The van der Waals surface area contributed by atoms with Crippen LogP contribution in [0.4, 0.5) is 0 Å². The monoisotopic (exact) mass is 395 g/mol. The van der Waals surface area contributed by atoms with Crippen molar-refractivity contribution in [2.45, 2.75) is 38.8 Å². The Morgan fingerprint density at radius 1 is 1.21 bits per heavy atom. The molecule has 0 atom stereocenters. The Hall–Kier alpha value is -3.42. The van der Waals surface area contributed by atoms with Crippen molar-refractivity contribution in [3.05, 3.63) is 64.1 Å². The van der Waals surface area contributed by atoms with E-state index in [4.69, 9.17) is 9.15 Å². The highest BCUT2D eigenvalue weighted by atomic mass is 16.5. The normalized spacial score (nSPS) is 13.5. The van der Waals surface area contributed by atoms with E-state index in [0.717, 1.165) is 31.5 Å². The smallest absolute Gasteiger partial charge is 0.338 e. The van der Waals surface area contributed by atoms with Gasteiger partial charge in [-0.1, -0.05) is 6.42 Å². The van der Waals surface area contributed by atoms with E-state index in [1.807, 2.05) is 0 Å². The maximum Gasteiger partial charge on any atom is 0.338 e. The molecule has 8 nitrogen and oxygen atoms in total. The number of aryl methyl sites for hydroxylation is 1. The molecule has 0 saturated heterocycles. The predicted molar refractivity (Wildman–Crippen MR) is 104 cm³/mol. The fourth-order valence-corrected chi connectivity index (χ4v) is 3.41. The molecule has 2 aromatic heterocycles. The van der Waals surface area contributed by atoms with Crippen LogP contribution in [-0.2, 0) is 29.0 Å². The van der Waals surface area contributed by atoms with E-state index in [-0.39, 0.29) is 17.7 Å². The maximum absolute atomic E-state index is 12.7. The third kappa shape index (κ3) is 4.21. The predicted octanol–water partition coefficient (Wildman–Crippen LogP) is 2.19. The summed E-state index contributed by atoms with van der Waals surface area (Å²) in [5, 5.41) is 3.08. The molecule has 1 N–H and O–H groups in total. The minimum Gasteiger partial charge on any atom is -0.467 e. The van der Waals surface area contributed by atoms with Crippen LogP contribution in [0.2, 0.25) is 0 Å². The fourth-order valence-electron chi connectivity index (χ4n) is 3.41. The largest absolute Gasteiger partial charge is 0.467 e. The van der Waals surface area contributed by atoms with Crippen molar-refractivity contribution in [3.8, 4) is 0 Å². The zero-order valence-corrected chi connectivity index (χ0v) is 15.8. The number of carbonyl (C=O) groups is 2. The SMILES string of the molecule is O=C(COC(=O)c1ccc2c(=O)n3c(nc2c1)CCCCC3)NCc1ccco1. The number of carbonyl (C=O) groups excluding carboxylic acids is 2. The Bertz CT molecular complexity index is 1100. The van der Waals surface area contributed by atoms with Crippen LogP contribution in [0, 0.1) is 0 Å². The maximum atomic E-state index is 12.7. The van der Waals surface area contributed by atoms with E-state index < -0.39 is 18.5 Å². The average molecular weight is 395 g/mol. The lowest BCUT2D eigenvalue weighted by atomic mass is 10.1. The topological polar surface area (TPSA) is 103 Å². The lowest BCUT2D eigenvalue weighted by Gasteiger charge is -2.11. The summed E-state index contributed by atoms with van der Waals surface area (Å²) in [6.07, 6.45) is 5.29. The van der Waals surface area contributed by atoms with Gasteiger partial charge >= 0.3 is 5.97 Å². The van der Waals surface area contributed by atoms with Crippen LogP contribution in [0.5, 0.6) is 0 Å². The third-order valence-electron chi connectivity index (χ3n) is 4.93. The molecular formula is C21H21N3O5. The van der Waals surface area contributed by atoms with Crippen molar-refractivity contribution in [2.75, 3.05) is 6.61 Å². The Kier molecular flexibility index (Phi) is 5.41. The third-order valence-corrected chi connectivity index (χ3v) is 4.93. The summed E-state index contributed by atoms with van der Waals surface area (Å²) in [5.41, 5.74) is 0.644. The first-order chi connectivity index (χ1) is 14.1. The summed E-state index contributed by atoms with van der Waals surface area (Å²) in [4.78, 5) is 41.5. The zero-order valence-electron chi connectivity index (χ0n) is 15.8. The van der Waals surface area contributed by atoms with Crippen LogP contribution in [0.3, 0.4) is 0 Å². The molecule has 3 heterocycles. The van der Waals surface area contributed by atoms with Crippen LogP contribution in [-0.4, -0.2) is 28.0 Å². The number of nitrogens with zero attached hydrogens (tertiary/aromatic N) is 2. The highest BCUT2D eigenvalue weighted by Crippen LogP contribution is 2.16. The molecule has 29 heavy (non-hydrogen) atoms. The number of hydrogen-bond donors (Lipinski definition) is 1. The van der Waals surface area contributed by atoms with Crippen LogP contribution in [0.25, 0.3) is 10.9 Å². The standard InChI is InChI=1S/C21H21N3O5/c25-19(22-12-15-5-4-10-28-15)13-29-21(27)14-7-8-16-17(11-14)23-18-6-2-1-3-9-24(18)20(16)26/h4-5,7-8,10-11H,1-3,6,9,12-13H2,(H,22,25). The number of nitrogens with one attached hydrogen (secondary N) is 1. The minimum atomic E-state index is -0.642. The number of amides is 1. The first-order valence-corrected chi connectivity index (χ1v) is 9.61. The van der Waals surface area contributed by atoms with Gasteiger partial charge in [-0.25, -0.2) is 9.78 Å². The number of fused-ring (bicyclic) bond motifs is 2. The second kappa shape index (κ2) is 8.30. The van der Waals surface area contributed by atoms with Crippen molar-refractivity contribution >= 4 is 22.8 Å². The van der Waals surface area contributed by atoms with Crippen molar-refractivity contribution in [3.63, 3.8) is 0 Å². The first kappa shape index (κ1) is 18.9. The number of rotatable bonds is 5. The average Bonchev–Trinajstić information content (AvgIpc) is 3.14. The van der Waals surface area contributed by atoms with Crippen LogP contribution < -0.4 is 10.9 Å². The summed E-state index contributed by atoms with van der Waals surface area (Å²) in [5.74, 6) is 0.285. The molecule has 1 aliphatic heterocycles. The van der Waals surface area contributed by atoms with Crippen molar-refractivity contribution < 1.29 is 18.7 Å². The molecule has 0 saturated carbocycles. The van der Waals surface area contributed by atoms with Gasteiger partial charge in [0.1, 0.15) is 11.6 Å². The number of hydrogen-bond acceptors (Lipinski definition) is 6. The molecule has 1 amide bonds. The van der Waals surface area contributed by atoms with Gasteiger partial charge in [0, 0.05) is 13.0 Å². The molecule has 0 radical (unpaired) electrons. The molecule has 0 aliphatic carbocycles. The summed E-state index contributed by atoms with van der Waals surface area (Å²) in [6.45, 7) is 0.490. The van der Waals surface area contributed by atoms with Gasteiger partial charge in [-0.15, -0.1) is 0 Å². The number of ether oxygens (including phenoxy) is 1. The number of esters is 1. The molecule has 8 heteroatoms. The van der Waals surface area contributed by atoms with Gasteiger partial charge < -0.3 is 14.5 Å². The number of furan rings is 1. The Labute approximate surface area is 166 Å². The number of aromatic nitrogens is 2. The van der Waals surface area contributed by atoms with Gasteiger partial charge in [0.05, 0.1) is 29.3 Å². The second-order valence-electron chi connectivity index (χ2n) is 6.96. The Balaban J connectivity index is 1.45. The zero-order chi connectivity index (χ0) is 20.2. The van der Waals surface area contributed by atoms with Gasteiger partial charge in [-0.05, 0) is 43.2 Å². The summed E-state index contributed by atoms with van der Waals surface area (Å²) >= 11 is 0. The van der Waals surface area contributed by atoms with Crippen molar-refractivity contribution in [1.82, 2.24) is 14.9 Å². The molecule has 1 aromatic carbocycles. The van der Waals surface area contributed by atoms with E-state index >= 15 is 0 Å². The quantitative estimate of drug-likeness (QED) is 0.664. The molecular weight excluding hydrogens is 374 g/mol. The molecule has 0 unspecified atom stereocenters. The summed E-state index contributed by atoms with van der Waals surface area (Å²) in [7, 11) is 0. The van der Waals surface area contributed by atoms with Gasteiger partial charge in [0.25, 0.3) is 11.5 Å². The van der Waals surface area contributed by atoms with E-state index in [2.05, 4.69) is 10.3 Å². The molecule has 0 bridgehead atoms. The lowest BCUT2D eigenvalue weighted by Crippen LogP contribution is -2.28. The van der Waals surface area contributed by atoms with Gasteiger partial charge in [0.2, 0.25) is 0 Å². The highest BCUT2D eigenvalue weighted by Gasteiger charge is 2.16. The molecule has 1 aliphatic rings. The molecule has 150 valence electrons. The highest BCUT2D eigenvalue weighted by molar-refractivity contribution is 5.95. The van der Waals surface area contributed by atoms with Crippen molar-refractivity contribution in [2.24, 2.45) is 0 Å². The molecule has 3 aromatic rings. The van der Waals surface area contributed by atoms with Gasteiger partial charge in [-0.2, -0.15) is 0 Å². The molecule has 0 spiro atoms. The Morgan fingerprint density at radius 2 is 2.10 bits per heavy atom. The van der Waals surface area contributed by atoms with E-state index in [1.54, 1.807) is 28.8 Å². The van der Waals surface area contributed by atoms with Crippen molar-refractivity contribution in [1.29, 1.82) is 0 Å². The molecule has 4 rings (SSSR count). The van der Waals surface area contributed by atoms with Crippen LogP contribution >= 0.6 is 0 Å². The van der Waals surface area contributed by atoms with E-state index in [9.17, 15) is 14.4 Å². The number of benzene rings is 1. The Morgan fingerprint density at radius 3 is 2.93 bits per heavy atom. The van der Waals surface area contributed by atoms with E-state index in [1.165, 1.54) is 12.3 Å². The van der Waals surface area contributed by atoms with E-state index in [0.29, 0.717) is 23.2 Å². The summed E-state index contributed by atoms with van der Waals surface area (Å²) < 4.78 is 11.9. The summed E-state index contributed by atoms with van der Waals surface area (Å²) in [6, 6.07) is 8.12. The minimum absolute atomic E-state index is 0.0795. The lowest BCUT2D eigenvalue weighted by molar-refractivity contribution is -0.124. The van der Waals surface area contributed by atoms with Gasteiger partial charge in [-0.3, -0.25) is 14.2 Å².